The van der Waals surface area contributed by atoms with Gasteiger partial charge in [-0.1, -0.05) is 43.4 Å². The van der Waals surface area contributed by atoms with Gasteiger partial charge in [0, 0.05) is 56.6 Å². The van der Waals surface area contributed by atoms with E-state index in [1.807, 2.05) is 74.0 Å². The summed E-state index contributed by atoms with van der Waals surface area (Å²) in [7, 11) is 5.42. The maximum atomic E-state index is 13.3. The Morgan fingerprint density at radius 2 is 2.00 bits per heavy atom. The van der Waals surface area contributed by atoms with Crippen molar-refractivity contribution in [3.63, 3.8) is 0 Å². The Kier molecular flexibility index (Phi) is 16.1. The molecular formula is C38H52N6O3S. The number of rotatable bonds is 18. The highest BCUT2D eigenvalue weighted by Gasteiger charge is 2.13. The number of aryl methyl sites for hydroxylation is 1. The highest BCUT2D eigenvalue weighted by atomic mass is 32.2. The summed E-state index contributed by atoms with van der Waals surface area (Å²) in [5.74, 6) is -0.133. The molecule has 2 aromatic rings. The Morgan fingerprint density at radius 1 is 1.19 bits per heavy atom. The lowest BCUT2D eigenvalue weighted by molar-refractivity contribution is -0.112. The average molecular weight is 673 g/mol. The summed E-state index contributed by atoms with van der Waals surface area (Å²) in [6, 6.07) is 9.50. The zero-order valence-electron chi connectivity index (χ0n) is 29.3. The Labute approximate surface area is 290 Å². The summed E-state index contributed by atoms with van der Waals surface area (Å²) in [6.45, 7) is 10.5. The number of ether oxygens (including phenoxy) is 1. The first-order valence-corrected chi connectivity index (χ1v) is 17.7. The lowest BCUT2D eigenvalue weighted by Crippen LogP contribution is -2.30. The smallest absolute Gasteiger partial charge is 0.274 e. The predicted octanol–water partition coefficient (Wildman–Crippen LogP) is 6.74. The molecule has 0 spiro atoms. The van der Waals surface area contributed by atoms with E-state index in [4.69, 9.17) is 4.74 Å². The Balaban J connectivity index is 1.89. The lowest BCUT2D eigenvalue weighted by atomic mass is 9.99. The standard InChI is InChI=1S/C38H52N6O3S/c1-8-15-31(25-33(41-36(9-2)47-6)26-39-20-21-43(4)10-3)40-34-24-30(27-44(5)38(34)46)29-18-14-19-32(23-29)42-37(45)35(48-7)22-28-16-12-11-13-17-28/h8-9,14-16,18-19,22-27,36,39-41H,2,10-13,17,20-21H2,1,3-7H3,(H,42,45)/b15-8-,31-25+,33-26-,35-22-. The third-order valence-electron chi connectivity index (χ3n) is 7.87. The van der Waals surface area contributed by atoms with Gasteiger partial charge >= 0.3 is 0 Å². The molecule has 0 aliphatic heterocycles. The fourth-order valence-electron chi connectivity index (χ4n) is 5.04. The van der Waals surface area contributed by atoms with E-state index >= 15 is 0 Å². The van der Waals surface area contributed by atoms with Crippen molar-refractivity contribution in [2.45, 2.75) is 45.8 Å². The molecule has 3 rings (SSSR count). The minimum atomic E-state index is -0.407. The monoisotopic (exact) mass is 672 g/mol. The van der Waals surface area contributed by atoms with E-state index in [-0.39, 0.29) is 11.5 Å². The van der Waals surface area contributed by atoms with E-state index in [2.05, 4.69) is 52.8 Å². The first-order valence-electron chi connectivity index (χ1n) is 16.4. The van der Waals surface area contributed by atoms with Gasteiger partial charge < -0.3 is 35.5 Å². The summed E-state index contributed by atoms with van der Waals surface area (Å²) in [5.41, 5.74) is 5.27. The van der Waals surface area contributed by atoms with Crippen molar-refractivity contribution in [1.29, 1.82) is 0 Å². The molecular weight excluding hydrogens is 621 g/mol. The number of aromatic nitrogens is 1. The van der Waals surface area contributed by atoms with Crippen LogP contribution < -0.4 is 26.8 Å². The number of anilines is 2. The van der Waals surface area contributed by atoms with Crippen LogP contribution in [-0.2, 0) is 16.6 Å². The van der Waals surface area contributed by atoms with Crippen molar-refractivity contribution in [2.75, 3.05) is 50.7 Å². The van der Waals surface area contributed by atoms with Crippen molar-refractivity contribution in [1.82, 2.24) is 20.1 Å². The molecule has 0 saturated heterocycles. The molecule has 0 bridgehead atoms. The van der Waals surface area contributed by atoms with Crippen LogP contribution in [0.25, 0.3) is 11.1 Å². The summed E-state index contributed by atoms with van der Waals surface area (Å²) in [6.07, 6.45) is 21.3. The van der Waals surface area contributed by atoms with Gasteiger partial charge in [-0.2, -0.15) is 0 Å². The number of thioether (sulfide) groups is 1. The van der Waals surface area contributed by atoms with Crippen molar-refractivity contribution in [3.05, 3.63) is 118 Å². The van der Waals surface area contributed by atoms with Crippen LogP contribution in [-0.4, -0.2) is 61.6 Å². The minimum absolute atomic E-state index is 0.133. The molecule has 9 nitrogen and oxygen atoms in total. The molecule has 1 heterocycles. The number of hydrogen-bond donors (Lipinski definition) is 4. The molecule has 0 saturated carbocycles. The largest absolute Gasteiger partial charge is 0.388 e. The number of likely N-dealkylation sites (N-methyl/N-ethyl adjacent to an activating group) is 1. The number of carbonyl (C=O) groups is 1. The molecule has 1 aromatic carbocycles. The molecule has 1 unspecified atom stereocenters. The number of nitrogens with zero attached hydrogens (tertiary/aromatic N) is 2. The van der Waals surface area contributed by atoms with Gasteiger partial charge in [0.2, 0.25) is 0 Å². The van der Waals surface area contributed by atoms with Crippen LogP contribution in [0.3, 0.4) is 0 Å². The van der Waals surface area contributed by atoms with E-state index in [0.29, 0.717) is 22.0 Å². The normalized spacial score (nSPS) is 14.9. The van der Waals surface area contributed by atoms with Crippen LogP contribution in [0.4, 0.5) is 11.4 Å². The van der Waals surface area contributed by atoms with Gasteiger partial charge in [-0.05, 0) is 101 Å². The van der Waals surface area contributed by atoms with Gasteiger partial charge in [-0.15, -0.1) is 11.8 Å². The van der Waals surface area contributed by atoms with Crippen LogP contribution in [0.15, 0.2) is 112 Å². The maximum Gasteiger partial charge on any atom is 0.274 e. The highest BCUT2D eigenvalue weighted by molar-refractivity contribution is 8.03. The number of allylic oxidation sites excluding steroid dienone is 6. The van der Waals surface area contributed by atoms with Crippen LogP contribution in [0.2, 0.25) is 0 Å². The second-order valence-corrected chi connectivity index (χ2v) is 12.4. The van der Waals surface area contributed by atoms with E-state index in [0.717, 1.165) is 55.7 Å². The van der Waals surface area contributed by atoms with Crippen LogP contribution in [0.1, 0.15) is 39.5 Å². The SMILES string of the molecule is C=CC(NC(=C\NCCN(C)CC)/C=C(\C=C/C)Nc1cc(-c2cccc(NC(=O)/C(=C/C3=CCCCC3)SC)c2)cn(C)c1=O)OC. The van der Waals surface area contributed by atoms with Crippen LogP contribution in [0.5, 0.6) is 0 Å². The maximum absolute atomic E-state index is 13.3. The van der Waals surface area contributed by atoms with E-state index in [1.54, 1.807) is 31.0 Å². The van der Waals surface area contributed by atoms with Crippen molar-refractivity contribution in [2.24, 2.45) is 7.05 Å². The molecule has 0 radical (unpaired) electrons. The van der Waals surface area contributed by atoms with Gasteiger partial charge in [0.25, 0.3) is 11.5 Å². The van der Waals surface area contributed by atoms with Gasteiger partial charge in [0.05, 0.1) is 10.6 Å². The fraction of sp³-hybridized carbons (Fsp3) is 0.368. The molecule has 1 aliphatic carbocycles. The van der Waals surface area contributed by atoms with Gasteiger partial charge in [0.15, 0.2) is 0 Å². The van der Waals surface area contributed by atoms with E-state index < -0.39 is 6.23 Å². The van der Waals surface area contributed by atoms with Gasteiger partial charge in [0.1, 0.15) is 11.9 Å². The van der Waals surface area contributed by atoms with Crippen molar-refractivity contribution < 1.29 is 9.53 Å². The summed E-state index contributed by atoms with van der Waals surface area (Å²) in [4.78, 5) is 29.4. The van der Waals surface area contributed by atoms with Gasteiger partial charge in [-0.3, -0.25) is 9.59 Å². The van der Waals surface area contributed by atoms with E-state index in [9.17, 15) is 9.59 Å². The quantitative estimate of drug-likeness (QED) is 0.0455. The molecule has 1 aliphatic rings. The molecule has 10 heteroatoms. The molecule has 4 N–H and O–H groups in total. The Morgan fingerprint density at radius 3 is 2.67 bits per heavy atom. The number of carbonyl (C=O) groups excluding carboxylic acids is 1. The van der Waals surface area contributed by atoms with E-state index in [1.165, 1.54) is 23.8 Å². The lowest BCUT2D eigenvalue weighted by Gasteiger charge is -2.18. The topological polar surface area (TPSA) is 99.7 Å². The fourth-order valence-corrected chi connectivity index (χ4v) is 5.54. The minimum Gasteiger partial charge on any atom is -0.388 e. The molecule has 1 atom stereocenters. The number of pyridine rings is 1. The second-order valence-electron chi connectivity index (χ2n) is 11.5. The zero-order chi connectivity index (χ0) is 34.9. The zero-order valence-corrected chi connectivity index (χ0v) is 30.1. The van der Waals surface area contributed by atoms with Gasteiger partial charge in [-0.25, -0.2) is 0 Å². The molecule has 258 valence electrons. The van der Waals surface area contributed by atoms with Crippen molar-refractivity contribution >= 4 is 29.0 Å². The number of hydrogen-bond acceptors (Lipinski definition) is 8. The summed E-state index contributed by atoms with van der Waals surface area (Å²) >= 11 is 1.45. The molecule has 0 fully saturated rings. The first-order chi connectivity index (χ1) is 23.2. The molecule has 48 heavy (non-hydrogen) atoms. The predicted molar refractivity (Wildman–Crippen MR) is 204 cm³/mol. The second kappa shape index (κ2) is 20.2. The van der Waals surface area contributed by atoms with Crippen LogP contribution in [0, 0.1) is 0 Å². The van der Waals surface area contributed by atoms with Crippen molar-refractivity contribution in [3.8, 4) is 11.1 Å². The number of amides is 1. The third-order valence-corrected chi connectivity index (χ3v) is 8.61. The third kappa shape index (κ3) is 12.1. The average Bonchev–Trinajstić information content (AvgIpc) is 3.10. The Hall–Kier alpha value is -4.25. The number of benzene rings is 1. The Bertz CT molecular complexity index is 1600. The molecule has 1 amide bonds. The highest BCUT2D eigenvalue weighted by Crippen LogP contribution is 2.27. The van der Waals surface area contributed by atoms with Crippen LogP contribution >= 0.6 is 11.8 Å². The first kappa shape index (κ1) is 38.2. The summed E-state index contributed by atoms with van der Waals surface area (Å²) < 4.78 is 7.04. The summed E-state index contributed by atoms with van der Waals surface area (Å²) in [5, 5.41) is 13.1. The number of nitrogens with one attached hydrogen (secondary N) is 4. The number of methoxy groups -OCH3 is 1. The molecule has 1 aromatic heterocycles.